The highest BCUT2D eigenvalue weighted by Gasteiger charge is 2.09. The molecular weight excluding hydrogens is 240 g/mol. The molecule has 0 aromatic carbocycles. The van der Waals surface area contributed by atoms with Gasteiger partial charge in [-0.1, -0.05) is 27.2 Å². The molecule has 6 nitrogen and oxygen atoms in total. The first kappa shape index (κ1) is 13.6. The third-order valence-corrected chi connectivity index (χ3v) is 3.16. The van der Waals surface area contributed by atoms with Crippen molar-refractivity contribution >= 4 is 22.8 Å². The maximum atomic E-state index is 4.52. The Hall–Kier alpha value is -1.85. The van der Waals surface area contributed by atoms with Gasteiger partial charge in [0.15, 0.2) is 5.65 Å². The van der Waals surface area contributed by atoms with Gasteiger partial charge in [-0.25, -0.2) is 0 Å². The minimum Gasteiger partial charge on any atom is -0.369 e. The van der Waals surface area contributed by atoms with Gasteiger partial charge in [-0.2, -0.15) is 15.1 Å². The van der Waals surface area contributed by atoms with Gasteiger partial charge in [-0.3, -0.25) is 5.10 Å². The summed E-state index contributed by atoms with van der Waals surface area (Å²) in [6.45, 7) is 8.29. The molecule has 1 unspecified atom stereocenters. The Morgan fingerprint density at radius 1 is 1.26 bits per heavy atom. The summed E-state index contributed by atoms with van der Waals surface area (Å²) >= 11 is 0. The Morgan fingerprint density at radius 2 is 2.11 bits per heavy atom. The molecule has 0 aliphatic rings. The lowest BCUT2D eigenvalue weighted by molar-refractivity contribution is 0.593. The van der Waals surface area contributed by atoms with E-state index < -0.39 is 0 Å². The molecule has 2 heterocycles. The zero-order chi connectivity index (χ0) is 13.7. The molecule has 104 valence electrons. The number of aromatic amines is 1. The number of hydrogen-bond acceptors (Lipinski definition) is 5. The number of rotatable bonds is 7. The molecule has 3 N–H and O–H groups in total. The maximum absolute atomic E-state index is 4.52. The Kier molecular flexibility index (Phi) is 4.54. The van der Waals surface area contributed by atoms with Crippen LogP contribution in [0.3, 0.4) is 0 Å². The third-order valence-electron chi connectivity index (χ3n) is 3.16. The highest BCUT2D eigenvalue weighted by molar-refractivity contribution is 5.86. The van der Waals surface area contributed by atoms with Crippen molar-refractivity contribution in [3.63, 3.8) is 0 Å². The molecule has 1 atom stereocenters. The molecule has 0 fully saturated rings. The normalized spacial score (nSPS) is 12.6. The SMILES string of the molecule is CCCNc1nc(NCC(C)CC)c2cn[nH]c2n1. The van der Waals surface area contributed by atoms with Crippen molar-refractivity contribution in [2.75, 3.05) is 23.7 Å². The van der Waals surface area contributed by atoms with Crippen molar-refractivity contribution in [3.8, 4) is 0 Å². The van der Waals surface area contributed by atoms with E-state index in [2.05, 4.69) is 51.6 Å². The topological polar surface area (TPSA) is 78.5 Å². The van der Waals surface area contributed by atoms with E-state index in [9.17, 15) is 0 Å². The number of nitrogens with zero attached hydrogens (tertiary/aromatic N) is 3. The van der Waals surface area contributed by atoms with Crippen LogP contribution in [0.25, 0.3) is 11.0 Å². The zero-order valence-electron chi connectivity index (χ0n) is 11.8. The van der Waals surface area contributed by atoms with Gasteiger partial charge in [0.05, 0.1) is 11.6 Å². The molecule has 6 heteroatoms. The van der Waals surface area contributed by atoms with E-state index in [0.29, 0.717) is 11.9 Å². The first-order valence-corrected chi connectivity index (χ1v) is 6.93. The van der Waals surface area contributed by atoms with E-state index in [1.54, 1.807) is 6.20 Å². The number of fused-ring (bicyclic) bond motifs is 1. The molecule has 0 aliphatic heterocycles. The summed E-state index contributed by atoms with van der Waals surface area (Å²) in [5.41, 5.74) is 0.764. The number of hydrogen-bond donors (Lipinski definition) is 3. The first-order valence-electron chi connectivity index (χ1n) is 6.93. The Bertz CT molecular complexity index is 521. The second-order valence-corrected chi connectivity index (χ2v) is 4.85. The van der Waals surface area contributed by atoms with Crippen molar-refractivity contribution in [1.82, 2.24) is 20.2 Å². The summed E-state index contributed by atoms with van der Waals surface area (Å²) in [4.78, 5) is 8.92. The largest absolute Gasteiger partial charge is 0.369 e. The molecule has 2 rings (SSSR count). The molecule has 0 amide bonds. The van der Waals surface area contributed by atoms with E-state index in [-0.39, 0.29) is 0 Å². The Balaban J connectivity index is 2.21. The van der Waals surface area contributed by atoms with Crippen molar-refractivity contribution in [2.24, 2.45) is 5.92 Å². The van der Waals surface area contributed by atoms with Crippen LogP contribution in [-0.4, -0.2) is 33.3 Å². The molecule has 2 aromatic rings. The number of H-pyrrole nitrogens is 1. The predicted octanol–water partition coefficient (Wildman–Crippen LogP) is 2.63. The van der Waals surface area contributed by atoms with Gasteiger partial charge in [0, 0.05) is 13.1 Å². The molecular formula is C13H22N6. The lowest BCUT2D eigenvalue weighted by Crippen LogP contribution is -2.13. The van der Waals surface area contributed by atoms with Gasteiger partial charge in [-0.05, 0) is 12.3 Å². The third kappa shape index (κ3) is 3.33. The molecule has 0 spiro atoms. The van der Waals surface area contributed by atoms with Crippen molar-refractivity contribution in [3.05, 3.63) is 6.20 Å². The molecule has 2 aromatic heterocycles. The van der Waals surface area contributed by atoms with Gasteiger partial charge in [-0.15, -0.1) is 0 Å². The predicted molar refractivity (Wildman–Crippen MR) is 78.4 cm³/mol. The smallest absolute Gasteiger partial charge is 0.226 e. The minimum absolute atomic E-state index is 0.615. The van der Waals surface area contributed by atoms with Crippen LogP contribution in [0, 0.1) is 5.92 Å². The van der Waals surface area contributed by atoms with Crippen molar-refractivity contribution in [2.45, 2.75) is 33.6 Å². The van der Waals surface area contributed by atoms with Gasteiger partial charge in [0.1, 0.15) is 5.82 Å². The van der Waals surface area contributed by atoms with Gasteiger partial charge >= 0.3 is 0 Å². The standard InChI is InChI=1S/C13H22N6/c1-4-6-14-13-17-11(15-7-9(3)5-2)10-8-16-19-12(10)18-13/h8-9H,4-7H2,1-3H3,(H3,14,15,16,17,18,19). The second kappa shape index (κ2) is 6.36. The monoisotopic (exact) mass is 262 g/mol. The summed E-state index contributed by atoms with van der Waals surface area (Å²) < 4.78 is 0. The summed E-state index contributed by atoms with van der Waals surface area (Å²) in [5.74, 6) is 2.10. The molecule has 19 heavy (non-hydrogen) atoms. The van der Waals surface area contributed by atoms with Crippen LogP contribution >= 0.6 is 0 Å². The highest BCUT2D eigenvalue weighted by atomic mass is 15.2. The molecule has 0 saturated carbocycles. The van der Waals surface area contributed by atoms with Crippen LogP contribution in [0.2, 0.25) is 0 Å². The second-order valence-electron chi connectivity index (χ2n) is 4.85. The Labute approximate surface area is 113 Å². The summed E-state index contributed by atoms with van der Waals surface area (Å²) in [6.07, 6.45) is 3.95. The van der Waals surface area contributed by atoms with Crippen LogP contribution in [0.4, 0.5) is 11.8 Å². The van der Waals surface area contributed by atoms with E-state index in [0.717, 1.165) is 42.8 Å². The maximum Gasteiger partial charge on any atom is 0.226 e. The number of aromatic nitrogens is 4. The van der Waals surface area contributed by atoms with E-state index in [4.69, 9.17) is 0 Å². The fraction of sp³-hybridized carbons (Fsp3) is 0.615. The van der Waals surface area contributed by atoms with Crippen LogP contribution in [-0.2, 0) is 0 Å². The van der Waals surface area contributed by atoms with Crippen molar-refractivity contribution < 1.29 is 0 Å². The summed E-state index contributed by atoms with van der Waals surface area (Å²) in [5, 5.41) is 14.5. The minimum atomic E-state index is 0.615. The average molecular weight is 262 g/mol. The summed E-state index contributed by atoms with van der Waals surface area (Å²) in [7, 11) is 0. The molecule has 0 saturated heterocycles. The van der Waals surface area contributed by atoms with E-state index in [1.807, 2.05) is 0 Å². The molecule has 0 radical (unpaired) electrons. The quantitative estimate of drug-likeness (QED) is 0.715. The van der Waals surface area contributed by atoms with Gasteiger partial charge < -0.3 is 10.6 Å². The lowest BCUT2D eigenvalue weighted by atomic mass is 10.1. The first-order chi connectivity index (χ1) is 9.24. The number of nitrogens with one attached hydrogen (secondary N) is 3. The van der Waals surface area contributed by atoms with Crippen LogP contribution in [0.5, 0.6) is 0 Å². The summed E-state index contributed by atoms with van der Waals surface area (Å²) in [6, 6.07) is 0. The van der Waals surface area contributed by atoms with Gasteiger partial charge in [0.2, 0.25) is 5.95 Å². The van der Waals surface area contributed by atoms with Crippen LogP contribution < -0.4 is 10.6 Å². The molecule has 0 aliphatic carbocycles. The fourth-order valence-electron chi connectivity index (χ4n) is 1.70. The molecule has 0 bridgehead atoms. The van der Waals surface area contributed by atoms with E-state index in [1.165, 1.54) is 0 Å². The number of anilines is 2. The van der Waals surface area contributed by atoms with E-state index >= 15 is 0 Å². The van der Waals surface area contributed by atoms with Gasteiger partial charge in [0.25, 0.3) is 0 Å². The lowest BCUT2D eigenvalue weighted by Gasteiger charge is -2.12. The van der Waals surface area contributed by atoms with Crippen LogP contribution in [0.15, 0.2) is 6.20 Å². The van der Waals surface area contributed by atoms with Crippen LogP contribution in [0.1, 0.15) is 33.6 Å². The fourth-order valence-corrected chi connectivity index (χ4v) is 1.70. The average Bonchev–Trinajstić information content (AvgIpc) is 2.90. The zero-order valence-corrected chi connectivity index (χ0v) is 11.8. The van der Waals surface area contributed by atoms with Crippen molar-refractivity contribution in [1.29, 1.82) is 0 Å². The Morgan fingerprint density at radius 3 is 2.84 bits per heavy atom. The highest BCUT2D eigenvalue weighted by Crippen LogP contribution is 2.20.